The van der Waals surface area contributed by atoms with Crippen LogP contribution in [0.5, 0.6) is 0 Å². The molecule has 0 spiro atoms. The number of carboxylic acid groups (broad SMARTS) is 3. The molecule has 0 amide bonds. The van der Waals surface area contributed by atoms with Gasteiger partial charge in [0.2, 0.25) is 0 Å². The largest absolute Gasteiger partial charge is 2.00 e. The van der Waals surface area contributed by atoms with Crippen molar-refractivity contribution in [1.29, 1.82) is 0 Å². The van der Waals surface area contributed by atoms with E-state index in [1.54, 1.807) is 0 Å². The van der Waals surface area contributed by atoms with E-state index in [2.05, 4.69) is 0 Å². The molecule has 1 fully saturated rings. The predicted molar refractivity (Wildman–Crippen MR) is 81.7 cm³/mol. The number of benzene rings is 1. The number of hydrogen-bond donors (Lipinski definition) is 5. The van der Waals surface area contributed by atoms with Gasteiger partial charge in [-0.25, -0.2) is 14.4 Å². The van der Waals surface area contributed by atoms with Crippen molar-refractivity contribution >= 4 is 17.9 Å². The van der Waals surface area contributed by atoms with E-state index in [4.69, 9.17) is 26.8 Å². The summed E-state index contributed by atoms with van der Waals surface area (Å²) in [5.74, 6) is -4.20. The molecule has 0 bridgehead atoms. The smallest absolute Gasteiger partial charge is 0.478 e. The first kappa shape index (κ1) is 22.2. The Morgan fingerprint density at radius 2 is 1.29 bits per heavy atom. The Balaban J connectivity index is 0.000000498. The minimum absolute atomic E-state index is 0. The normalized spacial score (nSPS) is 19.2. The van der Waals surface area contributed by atoms with Gasteiger partial charge in [0, 0.05) is 12.1 Å². The minimum atomic E-state index is -1.48. The van der Waals surface area contributed by atoms with Crippen LogP contribution in [0.1, 0.15) is 56.8 Å². The summed E-state index contributed by atoms with van der Waals surface area (Å²) in [4.78, 5) is 31.8. The molecule has 2 rings (SSSR count). The van der Waals surface area contributed by atoms with E-state index in [1.165, 1.54) is 12.8 Å². The molecule has 1 aliphatic carbocycles. The molecule has 24 heavy (non-hydrogen) atoms. The minimum Gasteiger partial charge on any atom is -0.478 e. The first-order valence-corrected chi connectivity index (χ1v) is 7.09. The first-order chi connectivity index (χ1) is 10.7. The standard InChI is InChI=1S/C9H6O6.C6H14N2.Pt/c10-7(11)4-1-2-5(8(12)13)6(3-4)9(14)15;7-5-3-1-2-4-6(5)8;/h1-3H,(H,10,11)(H,12,13)(H,14,15);5-6H,1-4,7-8H2;/q;;+2. The average Bonchev–Trinajstić information content (AvgIpc) is 2.50. The van der Waals surface area contributed by atoms with E-state index >= 15 is 0 Å². The fourth-order valence-electron chi connectivity index (χ4n) is 2.23. The summed E-state index contributed by atoms with van der Waals surface area (Å²) in [6, 6.07) is 3.37. The van der Waals surface area contributed by atoms with Gasteiger partial charge >= 0.3 is 39.0 Å². The van der Waals surface area contributed by atoms with Crippen molar-refractivity contribution in [3.05, 3.63) is 34.9 Å². The van der Waals surface area contributed by atoms with Crippen LogP contribution >= 0.6 is 0 Å². The van der Waals surface area contributed by atoms with Gasteiger partial charge in [-0.1, -0.05) is 12.8 Å². The van der Waals surface area contributed by atoms with Crippen molar-refractivity contribution in [2.75, 3.05) is 0 Å². The Hall–Kier alpha value is -1.76. The maximum atomic E-state index is 10.6. The summed E-state index contributed by atoms with van der Waals surface area (Å²) in [6.45, 7) is 0. The van der Waals surface area contributed by atoms with Crippen molar-refractivity contribution in [3.63, 3.8) is 0 Å². The Kier molecular flexibility index (Phi) is 9.43. The summed E-state index contributed by atoms with van der Waals surface area (Å²) < 4.78 is 0. The molecule has 0 aromatic heterocycles. The quantitative estimate of drug-likeness (QED) is 0.395. The first-order valence-electron chi connectivity index (χ1n) is 7.09. The topological polar surface area (TPSA) is 164 Å². The maximum Gasteiger partial charge on any atom is 2.00 e. The molecule has 2 unspecified atom stereocenters. The summed E-state index contributed by atoms with van der Waals surface area (Å²) in [5.41, 5.74) is 10.1. The Labute approximate surface area is 153 Å². The molecule has 9 heteroatoms. The molecule has 1 aliphatic rings. The van der Waals surface area contributed by atoms with E-state index < -0.39 is 29.0 Å². The monoisotopic (exact) mass is 519 g/mol. The van der Waals surface area contributed by atoms with Crippen molar-refractivity contribution in [1.82, 2.24) is 0 Å². The summed E-state index contributed by atoms with van der Waals surface area (Å²) in [5, 5.41) is 25.9. The van der Waals surface area contributed by atoms with E-state index in [-0.39, 0.29) is 38.7 Å². The molecule has 134 valence electrons. The van der Waals surface area contributed by atoms with Crippen LogP contribution in [0.3, 0.4) is 0 Å². The number of hydrogen-bond acceptors (Lipinski definition) is 5. The Morgan fingerprint density at radius 1 is 0.833 bits per heavy atom. The number of rotatable bonds is 3. The Morgan fingerprint density at radius 3 is 1.62 bits per heavy atom. The third-order valence-corrected chi connectivity index (χ3v) is 3.60. The van der Waals surface area contributed by atoms with E-state index in [9.17, 15) is 14.4 Å². The van der Waals surface area contributed by atoms with Crippen LogP contribution in [0.2, 0.25) is 0 Å². The molecular formula is C15H20N2O6Pt+2. The number of carbonyl (C=O) groups is 3. The van der Waals surface area contributed by atoms with Gasteiger partial charge in [-0.15, -0.1) is 0 Å². The zero-order chi connectivity index (χ0) is 17.6. The molecule has 0 radical (unpaired) electrons. The van der Waals surface area contributed by atoms with Gasteiger partial charge in [0.05, 0.1) is 16.7 Å². The average molecular weight is 519 g/mol. The number of nitrogens with two attached hydrogens (primary N) is 2. The van der Waals surface area contributed by atoms with E-state index in [0.29, 0.717) is 0 Å². The molecule has 2 atom stereocenters. The molecular weight excluding hydrogens is 499 g/mol. The van der Waals surface area contributed by atoms with Gasteiger partial charge in [0.1, 0.15) is 0 Å². The number of aromatic carboxylic acids is 3. The molecule has 0 saturated heterocycles. The fraction of sp³-hybridized carbons (Fsp3) is 0.400. The summed E-state index contributed by atoms with van der Waals surface area (Å²) >= 11 is 0. The Bertz CT molecular complexity index is 598. The second kappa shape index (κ2) is 10.2. The second-order valence-electron chi connectivity index (χ2n) is 5.29. The van der Waals surface area contributed by atoms with Gasteiger partial charge in [0.25, 0.3) is 0 Å². The molecule has 1 aromatic carbocycles. The van der Waals surface area contributed by atoms with Crippen molar-refractivity contribution in [3.8, 4) is 0 Å². The van der Waals surface area contributed by atoms with E-state index in [1.807, 2.05) is 0 Å². The van der Waals surface area contributed by atoms with Crippen LogP contribution in [0, 0.1) is 0 Å². The van der Waals surface area contributed by atoms with Gasteiger partial charge < -0.3 is 26.8 Å². The number of carboxylic acids is 3. The molecule has 1 saturated carbocycles. The maximum absolute atomic E-state index is 10.6. The van der Waals surface area contributed by atoms with Gasteiger partial charge in [-0.3, -0.25) is 0 Å². The van der Waals surface area contributed by atoms with Crippen LogP contribution in [0.15, 0.2) is 18.2 Å². The van der Waals surface area contributed by atoms with Crippen LogP contribution in [-0.2, 0) is 21.1 Å². The van der Waals surface area contributed by atoms with Crippen LogP contribution in [-0.4, -0.2) is 45.3 Å². The van der Waals surface area contributed by atoms with Crippen LogP contribution < -0.4 is 11.5 Å². The molecule has 8 nitrogen and oxygen atoms in total. The van der Waals surface area contributed by atoms with Crippen LogP contribution in [0.25, 0.3) is 0 Å². The summed E-state index contributed by atoms with van der Waals surface area (Å²) in [6.07, 6.45) is 4.80. The van der Waals surface area contributed by atoms with Crippen LogP contribution in [0.4, 0.5) is 0 Å². The van der Waals surface area contributed by atoms with E-state index in [0.717, 1.165) is 31.0 Å². The van der Waals surface area contributed by atoms with Gasteiger partial charge in [0.15, 0.2) is 0 Å². The zero-order valence-electron chi connectivity index (χ0n) is 12.8. The summed E-state index contributed by atoms with van der Waals surface area (Å²) in [7, 11) is 0. The van der Waals surface area contributed by atoms with Gasteiger partial charge in [-0.05, 0) is 31.0 Å². The zero-order valence-corrected chi connectivity index (χ0v) is 15.0. The molecule has 0 heterocycles. The second-order valence-corrected chi connectivity index (χ2v) is 5.29. The van der Waals surface area contributed by atoms with Gasteiger partial charge in [-0.2, -0.15) is 0 Å². The third-order valence-electron chi connectivity index (χ3n) is 3.60. The molecule has 7 N–H and O–H groups in total. The van der Waals surface area contributed by atoms with Crippen molar-refractivity contribution in [2.24, 2.45) is 11.5 Å². The predicted octanol–water partition coefficient (Wildman–Crippen LogP) is 0.994. The SMILES string of the molecule is NC1CCCCC1N.O=C(O)c1ccc(C(=O)O)c(C(=O)O)c1.[Pt+2]. The van der Waals surface area contributed by atoms with Crippen molar-refractivity contribution < 1.29 is 50.8 Å². The fourth-order valence-corrected chi connectivity index (χ4v) is 2.23. The van der Waals surface area contributed by atoms with Crippen molar-refractivity contribution in [2.45, 2.75) is 37.8 Å². The molecule has 0 aliphatic heterocycles. The molecule has 1 aromatic rings. The third kappa shape index (κ3) is 6.39.